The number of hydrogen-bond acceptors (Lipinski definition) is 5. The molecule has 2 aliphatic rings. The van der Waals surface area contributed by atoms with Gasteiger partial charge in [-0.1, -0.05) is 0 Å². The Kier molecular flexibility index (Phi) is 5.55. The molecule has 0 saturated carbocycles. The predicted molar refractivity (Wildman–Crippen MR) is 109 cm³/mol. The molecule has 1 aromatic carbocycles. The first kappa shape index (κ1) is 20.4. The Bertz CT molecular complexity index is 739. The standard InChI is InChI=1S/C21H31N3O4/c1-16-15-17(24(26)27)5-6-18(16)22-11-7-21(8-12-22)9-13-23(14-10-21)19(25)28-20(2,3)4/h5-6,15H,7-14H2,1-4H3. The minimum Gasteiger partial charge on any atom is -0.444 e. The van der Waals surface area contributed by atoms with E-state index in [2.05, 4.69) is 4.90 Å². The molecule has 0 aromatic heterocycles. The number of benzene rings is 1. The van der Waals surface area contributed by atoms with Crippen molar-refractivity contribution in [1.29, 1.82) is 0 Å². The highest BCUT2D eigenvalue weighted by Gasteiger charge is 2.39. The van der Waals surface area contributed by atoms with Gasteiger partial charge in [0.15, 0.2) is 0 Å². The number of non-ortho nitro benzene ring substituents is 1. The molecule has 154 valence electrons. The Hall–Kier alpha value is -2.31. The van der Waals surface area contributed by atoms with Crippen molar-refractivity contribution in [1.82, 2.24) is 4.90 Å². The molecule has 7 nitrogen and oxygen atoms in total. The van der Waals surface area contributed by atoms with Gasteiger partial charge in [0.1, 0.15) is 5.60 Å². The number of carbonyl (C=O) groups is 1. The van der Waals surface area contributed by atoms with E-state index in [1.165, 1.54) is 0 Å². The van der Waals surface area contributed by atoms with Crippen molar-refractivity contribution in [2.75, 3.05) is 31.1 Å². The van der Waals surface area contributed by atoms with Crippen LogP contribution in [-0.4, -0.2) is 47.7 Å². The Morgan fingerprint density at radius 2 is 1.68 bits per heavy atom. The van der Waals surface area contributed by atoms with E-state index in [-0.39, 0.29) is 16.7 Å². The summed E-state index contributed by atoms with van der Waals surface area (Å²) < 4.78 is 5.50. The summed E-state index contributed by atoms with van der Waals surface area (Å²) in [4.78, 5) is 27.1. The van der Waals surface area contributed by atoms with Gasteiger partial charge in [-0.2, -0.15) is 0 Å². The second-order valence-corrected chi connectivity index (χ2v) is 9.18. The molecule has 0 aliphatic carbocycles. The van der Waals surface area contributed by atoms with Crippen LogP contribution in [0, 0.1) is 22.5 Å². The number of aryl methyl sites for hydroxylation is 1. The average molecular weight is 389 g/mol. The van der Waals surface area contributed by atoms with E-state index in [0.29, 0.717) is 5.41 Å². The van der Waals surface area contributed by atoms with Crippen LogP contribution in [0.2, 0.25) is 0 Å². The van der Waals surface area contributed by atoms with Crippen molar-refractivity contribution in [2.45, 2.75) is 59.0 Å². The van der Waals surface area contributed by atoms with Crippen LogP contribution >= 0.6 is 0 Å². The van der Waals surface area contributed by atoms with Crippen LogP contribution < -0.4 is 4.90 Å². The molecule has 2 heterocycles. The first-order valence-electron chi connectivity index (χ1n) is 10.1. The number of carbonyl (C=O) groups excluding carboxylic acids is 1. The van der Waals surface area contributed by atoms with Crippen LogP contribution in [0.25, 0.3) is 0 Å². The lowest BCUT2D eigenvalue weighted by molar-refractivity contribution is -0.384. The molecule has 2 fully saturated rings. The number of rotatable bonds is 2. The zero-order chi connectivity index (χ0) is 20.5. The summed E-state index contributed by atoms with van der Waals surface area (Å²) in [6, 6.07) is 5.11. The van der Waals surface area contributed by atoms with Gasteiger partial charge >= 0.3 is 6.09 Å². The Morgan fingerprint density at radius 3 is 2.18 bits per heavy atom. The first-order valence-corrected chi connectivity index (χ1v) is 10.1. The van der Waals surface area contributed by atoms with Crippen molar-refractivity contribution < 1.29 is 14.5 Å². The monoisotopic (exact) mass is 389 g/mol. The molecule has 1 spiro atoms. The third-order valence-corrected chi connectivity index (χ3v) is 6.03. The minimum atomic E-state index is -0.458. The summed E-state index contributed by atoms with van der Waals surface area (Å²) in [6.07, 6.45) is 4.00. The molecule has 0 radical (unpaired) electrons. The van der Waals surface area contributed by atoms with E-state index < -0.39 is 5.60 Å². The van der Waals surface area contributed by atoms with Gasteiger partial charge < -0.3 is 14.5 Å². The lowest BCUT2D eigenvalue weighted by atomic mass is 9.71. The molecule has 0 atom stereocenters. The fraction of sp³-hybridized carbons (Fsp3) is 0.667. The molecule has 7 heteroatoms. The summed E-state index contributed by atoms with van der Waals surface area (Å²) in [5.41, 5.74) is 2.02. The quantitative estimate of drug-likeness (QED) is 0.549. The topological polar surface area (TPSA) is 75.9 Å². The Labute approximate surface area is 166 Å². The zero-order valence-corrected chi connectivity index (χ0v) is 17.4. The van der Waals surface area contributed by atoms with E-state index in [9.17, 15) is 14.9 Å². The number of nitrogens with zero attached hydrogens (tertiary/aromatic N) is 3. The van der Waals surface area contributed by atoms with E-state index in [1.54, 1.807) is 12.1 Å². The number of nitro groups is 1. The molecule has 1 aromatic rings. The second-order valence-electron chi connectivity index (χ2n) is 9.18. The van der Waals surface area contributed by atoms with E-state index in [0.717, 1.165) is 63.1 Å². The molecule has 2 saturated heterocycles. The number of anilines is 1. The smallest absolute Gasteiger partial charge is 0.410 e. The van der Waals surface area contributed by atoms with Crippen LogP contribution in [0.3, 0.4) is 0 Å². The summed E-state index contributed by atoms with van der Waals surface area (Å²) in [6.45, 7) is 11.0. The number of ether oxygens (including phenoxy) is 1. The number of amides is 1. The van der Waals surface area contributed by atoms with Crippen LogP contribution in [0.5, 0.6) is 0 Å². The fourth-order valence-corrected chi connectivity index (χ4v) is 4.32. The summed E-state index contributed by atoms with van der Waals surface area (Å²) >= 11 is 0. The summed E-state index contributed by atoms with van der Waals surface area (Å²) in [5, 5.41) is 10.9. The lowest BCUT2D eigenvalue weighted by Crippen LogP contribution is -2.49. The fourth-order valence-electron chi connectivity index (χ4n) is 4.32. The lowest BCUT2D eigenvalue weighted by Gasteiger charge is -2.47. The maximum absolute atomic E-state index is 12.3. The molecule has 1 amide bonds. The van der Waals surface area contributed by atoms with Gasteiger partial charge in [0.05, 0.1) is 4.92 Å². The number of piperidine rings is 2. The molecule has 0 N–H and O–H groups in total. The minimum absolute atomic E-state index is 0.143. The van der Waals surface area contributed by atoms with E-state index in [4.69, 9.17) is 4.74 Å². The highest BCUT2D eigenvalue weighted by Crippen LogP contribution is 2.42. The molecule has 3 rings (SSSR count). The zero-order valence-electron chi connectivity index (χ0n) is 17.4. The van der Waals surface area contributed by atoms with Crippen LogP contribution in [0.1, 0.15) is 52.0 Å². The van der Waals surface area contributed by atoms with Crippen LogP contribution in [-0.2, 0) is 4.74 Å². The van der Waals surface area contributed by atoms with Crippen molar-refractivity contribution in [3.05, 3.63) is 33.9 Å². The van der Waals surface area contributed by atoms with E-state index >= 15 is 0 Å². The molecule has 28 heavy (non-hydrogen) atoms. The Balaban J connectivity index is 1.56. The maximum atomic E-state index is 12.3. The number of nitro benzene ring substituents is 1. The molecule has 0 bridgehead atoms. The second kappa shape index (κ2) is 7.60. The van der Waals surface area contributed by atoms with Gasteiger partial charge in [0, 0.05) is 44.0 Å². The third kappa shape index (κ3) is 4.56. The van der Waals surface area contributed by atoms with Gasteiger partial charge in [-0.05, 0) is 70.4 Å². The van der Waals surface area contributed by atoms with Gasteiger partial charge in [-0.3, -0.25) is 10.1 Å². The van der Waals surface area contributed by atoms with Crippen LogP contribution in [0.15, 0.2) is 18.2 Å². The van der Waals surface area contributed by atoms with E-state index in [1.807, 2.05) is 38.7 Å². The van der Waals surface area contributed by atoms with Crippen molar-refractivity contribution >= 4 is 17.5 Å². The van der Waals surface area contributed by atoms with Crippen LogP contribution in [0.4, 0.5) is 16.2 Å². The maximum Gasteiger partial charge on any atom is 0.410 e. The Morgan fingerprint density at radius 1 is 1.11 bits per heavy atom. The first-order chi connectivity index (χ1) is 13.1. The van der Waals surface area contributed by atoms with Gasteiger partial charge in [0.2, 0.25) is 0 Å². The molecule has 2 aliphatic heterocycles. The van der Waals surface area contributed by atoms with Gasteiger partial charge in [-0.15, -0.1) is 0 Å². The third-order valence-electron chi connectivity index (χ3n) is 6.03. The number of likely N-dealkylation sites (tertiary alicyclic amines) is 1. The SMILES string of the molecule is Cc1cc([N+](=O)[O-])ccc1N1CCC2(CCN(C(=O)OC(C)(C)C)CC2)CC1. The normalized spacial score (nSPS) is 19.6. The van der Waals surface area contributed by atoms with Gasteiger partial charge in [0.25, 0.3) is 5.69 Å². The predicted octanol–water partition coefficient (Wildman–Crippen LogP) is 4.52. The van der Waals surface area contributed by atoms with Crippen molar-refractivity contribution in [3.63, 3.8) is 0 Å². The largest absolute Gasteiger partial charge is 0.444 e. The summed E-state index contributed by atoms with van der Waals surface area (Å²) in [7, 11) is 0. The van der Waals surface area contributed by atoms with Crippen molar-refractivity contribution in [2.24, 2.45) is 5.41 Å². The highest BCUT2D eigenvalue weighted by atomic mass is 16.6. The number of hydrogen-bond donors (Lipinski definition) is 0. The summed E-state index contributed by atoms with van der Waals surface area (Å²) in [5.74, 6) is 0. The van der Waals surface area contributed by atoms with Gasteiger partial charge in [-0.25, -0.2) is 4.79 Å². The molecular weight excluding hydrogens is 358 g/mol. The molecule has 0 unspecified atom stereocenters. The molecular formula is C21H31N3O4. The average Bonchev–Trinajstić information content (AvgIpc) is 2.62. The van der Waals surface area contributed by atoms with Crippen molar-refractivity contribution in [3.8, 4) is 0 Å². The highest BCUT2D eigenvalue weighted by molar-refractivity contribution is 5.68.